The highest BCUT2D eigenvalue weighted by Crippen LogP contribution is 2.28. The Kier molecular flexibility index (Phi) is 6.05. The van der Waals surface area contributed by atoms with Crippen LogP contribution in [0.5, 0.6) is 5.75 Å². The summed E-state index contributed by atoms with van der Waals surface area (Å²) >= 11 is 1.91. The first-order valence-corrected chi connectivity index (χ1v) is 8.71. The van der Waals surface area contributed by atoms with Gasteiger partial charge in [0.2, 0.25) is 0 Å². The van der Waals surface area contributed by atoms with E-state index in [-0.39, 0.29) is 0 Å². The fourth-order valence-electron chi connectivity index (χ4n) is 2.10. The molecule has 1 saturated carbocycles. The lowest BCUT2D eigenvalue weighted by Gasteiger charge is -2.19. The van der Waals surface area contributed by atoms with Gasteiger partial charge in [-0.15, -0.1) is 0 Å². The molecule has 0 saturated heterocycles. The van der Waals surface area contributed by atoms with Crippen molar-refractivity contribution in [2.24, 2.45) is 0 Å². The maximum atomic E-state index is 5.80. The second-order valence-electron chi connectivity index (χ2n) is 5.17. The zero-order valence-corrected chi connectivity index (χ0v) is 12.8. The molecule has 0 heterocycles. The summed E-state index contributed by atoms with van der Waals surface area (Å²) < 4.78 is 5.80. The predicted molar refractivity (Wildman–Crippen MR) is 84.1 cm³/mol. The Labute approximate surface area is 121 Å². The van der Waals surface area contributed by atoms with Crippen molar-refractivity contribution in [2.75, 3.05) is 18.6 Å². The molecular formula is C16H25NOS. The minimum Gasteiger partial charge on any atom is -0.490 e. The van der Waals surface area contributed by atoms with Crippen LogP contribution >= 0.6 is 11.8 Å². The SMILES string of the molecule is CCCNC(CCSC)c1ccc(OC2CC2)cc1. The molecule has 1 aromatic rings. The summed E-state index contributed by atoms with van der Waals surface area (Å²) in [5.74, 6) is 2.21. The van der Waals surface area contributed by atoms with E-state index in [0.717, 1.165) is 12.3 Å². The molecule has 0 amide bonds. The van der Waals surface area contributed by atoms with E-state index >= 15 is 0 Å². The van der Waals surface area contributed by atoms with Gasteiger partial charge in [-0.2, -0.15) is 11.8 Å². The van der Waals surface area contributed by atoms with Gasteiger partial charge < -0.3 is 10.1 Å². The van der Waals surface area contributed by atoms with Crippen molar-refractivity contribution in [3.8, 4) is 5.75 Å². The van der Waals surface area contributed by atoms with E-state index < -0.39 is 0 Å². The van der Waals surface area contributed by atoms with Crippen LogP contribution in [0.4, 0.5) is 0 Å². The van der Waals surface area contributed by atoms with Crippen LogP contribution in [0.1, 0.15) is 44.2 Å². The topological polar surface area (TPSA) is 21.3 Å². The van der Waals surface area contributed by atoms with Crippen molar-refractivity contribution in [3.05, 3.63) is 29.8 Å². The van der Waals surface area contributed by atoms with Gasteiger partial charge in [-0.1, -0.05) is 19.1 Å². The fraction of sp³-hybridized carbons (Fsp3) is 0.625. The molecule has 0 radical (unpaired) electrons. The molecule has 1 fully saturated rings. The van der Waals surface area contributed by atoms with Crippen molar-refractivity contribution in [1.82, 2.24) is 5.32 Å². The molecule has 0 spiro atoms. The largest absolute Gasteiger partial charge is 0.490 e. The number of ether oxygens (including phenoxy) is 1. The Bertz CT molecular complexity index is 354. The summed E-state index contributed by atoms with van der Waals surface area (Å²) in [5.41, 5.74) is 1.38. The van der Waals surface area contributed by atoms with Gasteiger partial charge in [-0.05, 0) is 61.9 Å². The molecule has 19 heavy (non-hydrogen) atoms. The number of nitrogens with one attached hydrogen (secondary N) is 1. The van der Waals surface area contributed by atoms with Crippen LogP contribution in [-0.4, -0.2) is 24.7 Å². The molecule has 3 heteroatoms. The standard InChI is InChI=1S/C16H25NOS/c1-3-11-17-16(10-12-19-2)13-4-6-14(7-5-13)18-15-8-9-15/h4-7,15-17H,3,8-12H2,1-2H3. The van der Waals surface area contributed by atoms with E-state index in [1.165, 1.54) is 37.0 Å². The van der Waals surface area contributed by atoms with Crippen LogP contribution in [-0.2, 0) is 0 Å². The van der Waals surface area contributed by atoms with Crippen LogP contribution in [0.2, 0.25) is 0 Å². The average Bonchev–Trinajstić information content (AvgIpc) is 3.24. The van der Waals surface area contributed by atoms with Crippen molar-refractivity contribution >= 4 is 11.8 Å². The molecule has 1 atom stereocenters. The third kappa shape index (κ3) is 5.07. The Morgan fingerprint density at radius 3 is 2.63 bits per heavy atom. The molecule has 0 bridgehead atoms. The number of rotatable bonds is 9. The Hall–Kier alpha value is -0.670. The zero-order valence-electron chi connectivity index (χ0n) is 12.0. The average molecular weight is 279 g/mol. The second kappa shape index (κ2) is 7.81. The van der Waals surface area contributed by atoms with Crippen LogP contribution in [0.3, 0.4) is 0 Å². The van der Waals surface area contributed by atoms with Gasteiger partial charge in [-0.25, -0.2) is 0 Å². The lowest BCUT2D eigenvalue weighted by atomic mass is 10.0. The zero-order chi connectivity index (χ0) is 13.5. The van der Waals surface area contributed by atoms with Crippen molar-refractivity contribution < 1.29 is 4.74 Å². The van der Waals surface area contributed by atoms with E-state index in [1.807, 2.05) is 11.8 Å². The molecule has 1 aliphatic rings. The molecule has 0 aliphatic heterocycles. The van der Waals surface area contributed by atoms with E-state index in [2.05, 4.69) is 42.8 Å². The molecule has 106 valence electrons. The fourth-order valence-corrected chi connectivity index (χ4v) is 2.57. The van der Waals surface area contributed by atoms with Gasteiger partial charge in [0.15, 0.2) is 0 Å². The van der Waals surface area contributed by atoms with Gasteiger partial charge in [-0.3, -0.25) is 0 Å². The third-order valence-electron chi connectivity index (χ3n) is 3.36. The number of hydrogen-bond donors (Lipinski definition) is 1. The smallest absolute Gasteiger partial charge is 0.119 e. The molecule has 0 aromatic heterocycles. The van der Waals surface area contributed by atoms with Crippen molar-refractivity contribution in [1.29, 1.82) is 0 Å². The van der Waals surface area contributed by atoms with E-state index in [4.69, 9.17) is 4.74 Å². The highest BCUT2D eigenvalue weighted by atomic mass is 32.2. The maximum absolute atomic E-state index is 5.80. The summed E-state index contributed by atoms with van der Waals surface area (Å²) in [4.78, 5) is 0. The van der Waals surface area contributed by atoms with E-state index in [9.17, 15) is 0 Å². The summed E-state index contributed by atoms with van der Waals surface area (Å²) in [7, 11) is 0. The summed E-state index contributed by atoms with van der Waals surface area (Å²) in [6.07, 6.45) is 7.45. The number of benzene rings is 1. The van der Waals surface area contributed by atoms with Crippen molar-refractivity contribution in [2.45, 2.75) is 44.8 Å². The number of thioether (sulfide) groups is 1. The third-order valence-corrected chi connectivity index (χ3v) is 4.00. The highest BCUT2D eigenvalue weighted by molar-refractivity contribution is 7.98. The summed E-state index contributed by atoms with van der Waals surface area (Å²) in [6.45, 7) is 3.30. The van der Waals surface area contributed by atoms with Crippen LogP contribution < -0.4 is 10.1 Å². The quantitative estimate of drug-likeness (QED) is 0.737. The molecule has 2 rings (SSSR count). The predicted octanol–water partition coefficient (Wildman–Crippen LogP) is 4.02. The Balaban J connectivity index is 1.93. The second-order valence-corrected chi connectivity index (χ2v) is 6.16. The summed E-state index contributed by atoms with van der Waals surface area (Å²) in [6, 6.07) is 9.14. The molecular weight excluding hydrogens is 254 g/mol. The maximum Gasteiger partial charge on any atom is 0.119 e. The van der Waals surface area contributed by atoms with E-state index in [0.29, 0.717) is 12.1 Å². The Morgan fingerprint density at radius 1 is 1.32 bits per heavy atom. The first-order chi connectivity index (χ1) is 9.33. The summed E-state index contributed by atoms with van der Waals surface area (Å²) in [5, 5.41) is 3.64. The van der Waals surface area contributed by atoms with Gasteiger partial charge in [0.1, 0.15) is 5.75 Å². The molecule has 1 aliphatic carbocycles. The van der Waals surface area contributed by atoms with Gasteiger partial charge in [0.05, 0.1) is 6.10 Å². The number of hydrogen-bond acceptors (Lipinski definition) is 3. The molecule has 1 unspecified atom stereocenters. The van der Waals surface area contributed by atoms with E-state index in [1.54, 1.807) is 0 Å². The lowest BCUT2D eigenvalue weighted by Crippen LogP contribution is -2.22. The van der Waals surface area contributed by atoms with Crippen LogP contribution in [0.15, 0.2) is 24.3 Å². The molecule has 1 N–H and O–H groups in total. The lowest BCUT2D eigenvalue weighted by molar-refractivity contribution is 0.303. The molecule has 1 aromatic carbocycles. The minimum atomic E-state index is 0.474. The normalized spacial score (nSPS) is 16.3. The minimum absolute atomic E-state index is 0.474. The van der Waals surface area contributed by atoms with Crippen LogP contribution in [0.25, 0.3) is 0 Å². The Morgan fingerprint density at radius 2 is 2.05 bits per heavy atom. The highest BCUT2D eigenvalue weighted by Gasteiger charge is 2.23. The van der Waals surface area contributed by atoms with Crippen LogP contribution in [0, 0.1) is 0 Å². The monoisotopic (exact) mass is 279 g/mol. The molecule has 2 nitrogen and oxygen atoms in total. The van der Waals surface area contributed by atoms with Gasteiger partial charge in [0.25, 0.3) is 0 Å². The van der Waals surface area contributed by atoms with Gasteiger partial charge >= 0.3 is 0 Å². The van der Waals surface area contributed by atoms with Crippen molar-refractivity contribution in [3.63, 3.8) is 0 Å². The first-order valence-electron chi connectivity index (χ1n) is 7.32. The van der Waals surface area contributed by atoms with Gasteiger partial charge in [0, 0.05) is 6.04 Å². The first kappa shape index (κ1) is 14.7.